The predicted molar refractivity (Wildman–Crippen MR) is 99.3 cm³/mol. The lowest BCUT2D eigenvalue weighted by Gasteiger charge is -2.08. The number of carbonyl (C=O) groups excluding carboxylic acids is 1. The molecule has 0 saturated carbocycles. The minimum absolute atomic E-state index is 0. The second-order valence-corrected chi connectivity index (χ2v) is 5.88. The van der Waals surface area contributed by atoms with Crippen molar-refractivity contribution in [3.8, 4) is 0 Å². The van der Waals surface area contributed by atoms with Gasteiger partial charge in [0.1, 0.15) is 0 Å². The Morgan fingerprint density at radius 3 is 2.43 bits per heavy atom. The number of hydrogen-bond donors (Lipinski definition) is 2. The number of nitrogens with one attached hydrogen (secondary N) is 1. The van der Waals surface area contributed by atoms with E-state index in [0.717, 1.165) is 12.8 Å². The Labute approximate surface area is 144 Å². The number of benzene rings is 2. The first-order valence-corrected chi connectivity index (χ1v) is 7.79. The summed E-state index contributed by atoms with van der Waals surface area (Å²) in [5.41, 5.74) is 9.57. The van der Waals surface area contributed by atoms with Crippen molar-refractivity contribution in [2.45, 2.75) is 32.6 Å². The zero-order valence-electron chi connectivity index (χ0n) is 13.7. The van der Waals surface area contributed by atoms with Crippen LogP contribution in [0, 0.1) is 0 Å². The van der Waals surface area contributed by atoms with E-state index in [4.69, 9.17) is 5.73 Å². The second-order valence-electron chi connectivity index (χ2n) is 5.88. The summed E-state index contributed by atoms with van der Waals surface area (Å²) in [7, 11) is 0. The molecule has 3 N–H and O–H groups in total. The normalized spacial score (nSPS) is 10.2. The number of halogens is 1. The smallest absolute Gasteiger partial charge is 0.251 e. The first kappa shape index (κ1) is 19.0. The van der Waals surface area contributed by atoms with Crippen molar-refractivity contribution in [1.82, 2.24) is 5.32 Å². The van der Waals surface area contributed by atoms with Crippen molar-refractivity contribution in [1.29, 1.82) is 0 Å². The van der Waals surface area contributed by atoms with Gasteiger partial charge < -0.3 is 11.1 Å². The minimum atomic E-state index is -0.0672. The first-order chi connectivity index (χ1) is 10.6. The lowest BCUT2D eigenvalue weighted by molar-refractivity contribution is 0.0953. The molecule has 0 unspecified atom stereocenters. The van der Waals surface area contributed by atoms with E-state index < -0.39 is 0 Å². The number of rotatable bonds is 6. The minimum Gasteiger partial charge on any atom is -0.399 e. The summed E-state index contributed by atoms with van der Waals surface area (Å²) in [4.78, 5) is 12.0. The van der Waals surface area contributed by atoms with Crippen LogP contribution >= 0.6 is 12.4 Å². The summed E-state index contributed by atoms with van der Waals surface area (Å²) in [6.45, 7) is 5.06. The highest BCUT2D eigenvalue weighted by molar-refractivity contribution is 5.94. The summed E-state index contributed by atoms with van der Waals surface area (Å²) < 4.78 is 0. The van der Waals surface area contributed by atoms with E-state index in [0.29, 0.717) is 23.7 Å². The van der Waals surface area contributed by atoms with Crippen molar-refractivity contribution in [2.75, 3.05) is 12.3 Å². The molecule has 0 spiro atoms. The fourth-order valence-corrected chi connectivity index (χ4v) is 2.35. The Hall–Kier alpha value is -2.00. The Balaban J connectivity index is 0.00000264. The molecule has 1 amide bonds. The maximum atomic E-state index is 12.0. The molecular weight excluding hydrogens is 308 g/mol. The average Bonchev–Trinajstić information content (AvgIpc) is 2.51. The van der Waals surface area contributed by atoms with Crippen LogP contribution in [-0.2, 0) is 6.42 Å². The molecular formula is C19H25ClN2O. The molecule has 2 aromatic rings. The van der Waals surface area contributed by atoms with Crippen LogP contribution in [0.3, 0.4) is 0 Å². The molecule has 0 aliphatic rings. The van der Waals surface area contributed by atoms with Crippen LogP contribution in [0.15, 0.2) is 48.5 Å². The van der Waals surface area contributed by atoms with Crippen LogP contribution in [0.25, 0.3) is 0 Å². The van der Waals surface area contributed by atoms with Crippen molar-refractivity contribution >= 4 is 24.0 Å². The summed E-state index contributed by atoms with van der Waals surface area (Å²) in [5, 5.41) is 2.93. The van der Waals surface area contributed by atoms with Crippen molar-refractivity contribution in [3.05, 3.63) is 65.2 Å². The maximum absolute atomic E-state index is 12.0. The van der Waals surface area contributed by atoms with Gasteiger partial charge in [-0.2, -0.15) is 0 Å². The quantitative estimate of drug-likeness (QED) is 0.616. The Bertz CT molecular complexity index is 624. The molecule has 0 saturated heterocycles. The van der Waals surface area contributed by atoms with Crippen LogP contribution in [0.5, 0.6) is 0 Å². The number of hydrogen-bond acceptors (Lipinski definition) is 2. The van der Waals surface area contributed by atoms with Gasteiger partial charge in [-0.25, -0.2) is 0 Å². The molecule has 0 radical (unpaired) electrons. The lowest BCUT2D eigenvalue weighted by Crippen LogP contribution is -2.24. The first-order valence-electron chi connectivity index (χ1n) is 7.79. The van der Waals surface area contributed by atoms with E-state index in [1.54, 1.807) is 24.3 Å². The molecule has 0 heterocycles. The molecule has 0 atom stereocenters. The van der Waals surface area contributed by atoms with Gasteiger partial charge in [0, 0.05) is 17.8 Å². The van der Waals surface area contributed by atoms with Crippen LogP contribution in [-0.4, -0.2) is 12.5 Å². The standard InChI is InChI=1S/C19H24N2O.ClH/c1-14(2)16-10-8-15(9-11-16)5-4-12-21-19(22)17-6-3-7-18(20)13-17;/h3,6-11,13-14H,4-5,12,20H2,1-2H3,(H,21,22);1H. The third-order valence-corrected chi connectivity index (χ3v) is 3.72. The molecule has 0 aliphatic heterocycles. The van der Waals surface area contributed by atoms with Gasteiger partial charge in [0.15, 0.2) is 0 Å². The Kier molecular flexibility index (Phi) is 7.63. The zero-order chi connectivity index (χ0) is 15.9. The summed E-state index contributed by atoms with van der Waals surface area (Å²) in [5.74, 6) is 0.495. The van der Waals surface area contributed by atoms with Gasteiger partial charge in [-0.05, 0) is 48.1 Å². The number of nitrogen functional groups attached to an aromatic ring is 1. The fraction of sp³-hybridized carbons (Fsp3) is 0.316. The number of anilines is 1. The molecule has 4 heteroatoms. The number of carbonyl (C=O) groups is 1. The monoisotopic (exact) mass is 332 g/mol. The van der Waals surface area contributed by atoms with Gasteiger partial charge in [0.05, 0.1) is 0 Å². The van der Waals surface area contributed by atoms with Gasteiger partial charge in [-0.3, -0.25) is 4.79 Å². The van der Waals surface area contributed by atoms with Crippen LogP contribution in [0.1, 0.15) is 47.7 Å². The van der Waals surface area contributed by atoms with E-state index in [-0.39, 0.29) is 18.3 Å². The van der Waals surface area contributed by atoms with Crippen LogP contribution < -0.4 is 11.1 Å². The largest absolute Gasteiger partial charge is 0.399 e. The third-order valence-electron chi connectivity index (χ3n) is 3.72. The lowest BCUT2D eigenvalue weighted by atomic mass is 10.0. The summed E-state index contributed by atoms with van der Waals surface area (Å²) in [6, 6.07) is 15.8. The molecule has 0 fully saturated rings. The number of nitrogens with two attached hydrogens (primary N) is 1. The second kappa shape index (κ2) is 9.21. The van der Waals surface area contributed by atoms with Crippen LogP contribution in [0.4, 0.5) is 5.69 Å². The third kappa shape index (κ3) is 5.95. The molecule has 124 valence electrons. The zero-order valence-corrected chi connectivity index (χ0v) is 14.5. The fourth-order valence-electron chi connectivity index (χ4n) is 2.35. The molecule has 2 rings (SSSR count). The Morgan fingerprint density at radius 2 is 1.83 bits per heavy atom. The van der Waals surface area contributed by atoms with Gasteiger partial charge >= 0.3 is 0 Å². The van der Waals surface area contributed by atoms with Gasteiger partial charge in [0.25, 0.3) is 5.91 Å². The molecule has 2 aromatic carbocycles. The van der Waals surface area contributed by atoms with E-state index in [9.17, 15) is 4.79 Å². The van der Waals surface area contributed by atoms with E-state index in [1.807, 2.05) is 0 Å². The number of amides is 1. The van der Waals surface area contributed by atoms with Crippen molar-refractivity contribution in [2.24, 2.45) is 0 Å². The van der Waals surface area contributed by atoms with Gasteiger partial charge in [0.2, 0.25) is 0 Å². The highest BCUT2D eigenvalue weighted by Crippen LogP contribution is 2.15. The SMILES string of the molecule is CC(C)c1ccc(CCCNC(=O)c2cccc(N)c2)cc1.Cl. The highest BCUT2D eigenvalue weighted by atomic mass is 35.5. The predicted octanol–water partition coefficient (Wildman–Crippen LogP) is 4.18. The van der Waals surface area contributed by atoms with E-state index in [1.165, 1.54) is 11.1 Å². The van der Waals surface area contributed by atoms with E-state index in [2.05, 4.69) is 43.4 Å². The maximum Gasteiger partial charge on any atom is 0.251 e. The molecule has 3 nitrogen and oxygen atoms in total. The van der Waals surface area contributed by atoms with Crippen molar-refractivity contribution < 1.29 is 4.79 Å². The summed E-state index contributed by atoms with van der Waals surface area (Å²) >= 11 is 0. The molecule has 23 heavy (non-hydrogen) atoms. The van der Waals surface area contributed by atoms with E-state index >= 15 is 0 Å². The average molecular weight is 333 g/mol. The topological polar surface area (TPSA) is 55.1 Å². The molecule has 0 bridgehead atoms. The van der Waals surface area contributed by atoms with Crippen LogP contribution in [0.2, 0.25) is 0 Å². The molecule has 0 aromatic heterocycles. The van der Waals surface area contributed by atoms with Crippen molar-refractivity contribution in [3.63, 3.8) is 0 Å². The van der Waals surface area contributed by atoms with Gasteiger partial charge in [-0.15, -0.1) is 12.4 Å². The molecule has 0 aliphatic carbocycles. The Morgan fingerprint density at radius 1 is 1.13 bits per heavy atom. The highest BCUT2D eigenvalue weighted by Gasteiger charge is 2.04. The summed E-state index contributed by atoms with van der Waals surface area (Å²) in [6.07, 6.45) is 1.89. The van der Waals surface area contributed by atoms with Gasteiger partial charge in [-0.1, -0.05) is 44.2 Å². The number of aryl methyl sites for hydroxylation is 1.